The molecule has 0 amide bonds. The number of nitrogens with zero attached hydrogens (tertiary/aromatic N) is 3. The van der Waals surface area contributed by atoms with Gasteiger partial charge in [0, 0.05) is 6.54 Å². The van der Waals surface area contributed by atoms with Crippen molar-refractivity contribution in [3.05, 3.63) is 83.9 Å². The van der Waals surface area contributed by atoms with E-state index in [4.69, 9.17) is 0 Å². The Bertz CT molecular complexity index is 692. The van der Waals surface area contributed by atoms with Gasteiger partial charge in [-0.15, -0.1) is 0 Å². The van der Waals surface area contributed by atoms with Crippen molar-refractivity contribution in [3.63, 3.8) is 0 Å². The van der Waals surface area contributed by atoms with Gasteiger partial charge in [-0.1, -0.05) is 60.2 Å². The molecule has 0 radical (unpaired) electrons. The molecule has 3 aromatic rings. The average Bonchev–Trinajstić information content (AvgIpc) is 3.05. The van der Waals surface area contributed by atoms with E-state index in [1.807, 2.05) is 10.7 Å². The van der Waals surface area contributed by atoms with Crippen molar-refractivity contribution in [2.75, 3.05) is 0 Å². The van der Waals surface area contributed by atoms with Crippen LogP contribution in [0.2, 0.25) is 0 Å². The maximum absolute atomic E-state index is 4.22. The third-order valence-electron chi connectivity index (χ3n) is 3.67. The van der Waals surface area contributed by atoms with E-state index in [0.29, 0.717) is 0 Å². The molecule has 4 nitrogen and oxygen atoms in total. The Morgan fingerprint density at radius 3 is 2.68 bits per heavy atom. The molecule has 0 aliphatic heterocycles. The highest BCUT2D eigenvalue weighted by molar-refractivity contribution is 5.23. The molecule has 1 aromatic heterocycles. The largest absolute Gasteiger partial charge is 0.304 e. The zero-order valence-corrected chi connectivity index (χ0v) is 12.7. The predicted octanol–water partition coefficient (Wildman–Crippen LogP) is 3.12. The second-order valence-electron chi connectivity index (χ2n) is 5.45. The normalized spacial score (nSPS) is 12.2. The fourth-order valence-corrected chi connectivity index (χ4v) is 2.55. The number of nitrogens with one attached hydrogen (secondary N) is 1. The number of hydrogen-bond acceptors (Lipinski definition) is 3. The summed E-state index contributed by atoms with van der Waals surface area (Å²) in [6.45, 7) is 3.71. The number of benzene rings is 2. The van der Waals surface area contributed by atoms with Crippen molar-refractivity contribution in [2.24, 2.45) is 0 Å². The quantitative estimate of drug-likeness (QED) is 0.759. The van der Waals surface area contributed by atoms with Crippen LogP contribution in [0, 0.1) is 6.92 Å². The molecule has 0 bridgehead atoms. The van der Waals surface area contributed by atoms with Gasteiger partial charge in [-0.25, -0.2) is 4.98 Å². The molecule has 0 aliphatic rings. The molecule has 1 unspecified atom stereocenters. The van der Waals surface area contributed by atoms with Gasteiger partial charge in [-0.3, -0.25) is 4.68 Å². The highest BCUT2D eigenvalue weighted by atomic mass is 15.3. The monoisotopic (exact) mass is 292 g/mol. The van der Waals surface area contributed by atoms with E-state index in [9.17, 15) is 0 Å². The molecular formula is C18H20N4. The zero-order valence-electron chi connectivity index (χ0n) is 12.7. The van der Waals surface area contributed by atoms with Gasteiger partial charge < -0.3 is 5.32 Å². The lowest BCUT2D eigenvalue weighted by atomic mass is 10.1. The maximum atomic E-state index is 4.22. The summed E-state index contributed by atoms with van der Waals surface area (Å²) in [6.07, 6.45) is 3.33. The molecule has 1 heterocycles. The molecule has 3 rings (SSSR count). The predicted molar refractivity (Wildman–Crippen MR) is 87.2 cm³/mol. The summed E-state index contributed by atoms with van der Waals surface area (Å²) in [7, 11) is 0. The standard InChI is InChI=1S/C18H20N4/c1-15-6-5-7-16(10-15)11-20-18(12-22-14-19-13-21-22)17-8-3-2-4-9-17/h2-10,13-14,18,20H,11-12H2,1H3. The van der Waals surface area contributed by atoms with Crippen LogP contribution in [0.3, 0.4) is 0 Å². The summed E-state index contributed by atoms with van der Waals surface area (Å²) in [5.41, 5.74) is 3.83. The van der Waals surface area contributed by atoms with E-state index in [1.54, 1.807) is 12.7 Å². The first-order chi connectivity index (χ1) is 10.8. The summed E-state index contributed by atoms with van der Waals surface area (Å²) in [5.74, 6) is 0. The van der Waals surface area contributed by atoms with E-state index in [1.165, 1.54) is 16.7 Å². The molecule has 22 heavy (non-hydrogen) atoms. The summed E-state index contributed by atoms with van der Waals surface area (Å²) < 4.78 is 1.86. The molecule has 1 N–H and O–H groups in total. The zero-order chi connectivity index (χ0) is 15.2. The lowest BCUT2D eigenvalue weighted by Crippen LogP contribution is -2.25. The van der Waals surface area contributed by atoms with Gasteiger partial charge in [0.1, 0.15) is 12.7 Å². The van der Waals surface area contributed by atoms with Crippen LogP contribution in [0.4, 0.5) is 0 Å². The van der Waals surface area contributed by atoms with Gasteiger partial charge in [-0.2, -0.15) is 5.10 Å². The Kier molecular flexibility index (Phi) is 4.61. The topological polar surface area (TPSA) is 42.7 Å². The van der Waals surface area contributed by atoms with Crippen molar-refractivity contribution < 1.29 is 0 Å². The van der Waals surface area contributed by atoms with Crippen molar-refractivity contribution in [2.45, 2.75) is 26.1 Å². The second kappa shape index (κ2) is 7.00. The van der Waals surface area contributed by atoms with Gasteiger partial charge in [0.05, 0.1) is 12.6 Å². The highest BCUT2D eigenvalue weighted by Crippen LogP contribution is 2.15. The van der Waals surface area contributed by atoms with Crippen molar-refractivity contribution in [1.29, 1.82) is 0 Å². The second-order valence-corrected chi connectivity index (χ2v) is 5.45. The molecule has 0 spiro atoms. The summed E-state index contributed by atoms with van der Waals surface area (Å²) in [5, 5.41) is 7.85. The molecule has 2 aromatic carbocycles. The fraction of sp³-hybridized carbons (Fsp3) is 0.222. The molecule has 112 valence electrons. The third-order valence-corrected chi connectivity index (χ3v) is 3.67. The lowest BCUT2D eigenvalue weighted by Gasteiger charge is -2.19. The Hall–Kier alpha value is -2.46. The van der Waals surface area contributed by atoms with Crippen LogP contribution in [-0.2, 0) is 13.1 Å². The number of hydrogen-bond donors (Lipinski definition) is 1. The Balaban J connectivity index is 1.73. The van der Waals surface area contributed by atoms with Crippen LogP contribution in [0.1, 0.15) is 22.7 Å². The minimum atomic E-state index is 0.198. The summed E-state index contributed by atoms with van der Waals surface area (Å²) in [6, 6.07) is 19.2. The van der Waals surface area contributed by atoms with Crippen LogP contribution in [-0.4, -0.2) is 14.8 Å². The van der Waals surface area contributed by atoms with E-state index in [-0.39, 0.29) is 6.04 Å². The number of aromatic nitrogens is 3. The Labute approximate surface area is 130 Å². The minimum Gasteiger partial charge on any atom is -0.304 e. The molecule has 0 saturated heterocycles. The van der Waals surface area contributed by atoms with Crippen molar-refractivity contribution >= 4 is 0 Å². The molecule has 1 atom stereocenters. The van der Waals surface area contributed by atoms with Crippen LogP contribution in [0.25, 0.3) is 0 Å². The van der Waals surface area contributed by atoms with Crippen LogP contribution in [0.15, 0.2) is 67.3 Å². The minimum absolute atomic E-state index is 0.198. The first kappa shape index (κ1) is 14.5. The smallest absolute Gasteiger partial charge is 0.137 e. The molecular weight excluding hydrogens is 272 g/mol. The lowest BCUT2D eigenvalue weighted by molar-refractivity contribution is 0.436. The molecule has 0 fully saturated rings. The van der Waals surface area contributed by atoms with Gasteiger partial charge in [0.2, 0.25) is 0 Å². The van der Waals surface area contributed by atoms with Gasteiger partial charge >= 0.3 is 0 Å². The van der Waals surface area contributed by atoms with E-state index in [0.717, 1.165) is 13.1 Å². The summed E-state index contributed by atoms with van der Waals surface area (Å²) in [4.78, 5) is 4.02. The van der Waals surface area contributed by atoms with Gasteiger partial charge in [-0.05, 0) is 18.1 Å². The molecule has 4 heteroatoms. The number of aryl methyl sites for hydroxylation is 1. The van der Waals surface area contributed by atoms with Gasteiger partial charge in [0.25, 0.3) is 0 Å². The van der Waals surface area contributed by atoms with Crippen LogP contribution >= 0.6 is 0 Å². The Morgan fingerprint density at radius 1 is 1.09 bits per heavy atom. The summed E-state index contributed by atoms with van der Waals surface area (Å²) >= 11 is 0. The molecule has 0 saturated carbocycles. The average molecular weight is 292 g/mol. The maximum Gasteiger partial charge on any atom is 0.137 e. The van der Waals surface area contributed by atoms with E-state index < -0.39 is 0 Å². The van der Waals surface area contributed by atoms with E-state index >= 15 is 0 Å². The fourth-order valence-electron chi connectivity index (χ4n) is 2.55. The van der Waals surface area contributed by atoms with Gasteiger partial charge in [0.15, 0.2) is 0 Å². The van der Waals surface area contributed by atoms with Crippen molar-refractivity contribution in [1.82, 2.24) is 20.1 Å². The first-order valence-corrected chi connectivity index (χ1v) is 7.47. The Morgan fingerprint density at radius 2 is 1.95 bits per heavy atom. The molecule has 0 aliphatic carbocycles. The highest BCUT2D eigenvalue weighted by Gasteiger charge is 2.12. The third kappa shape index (κ3) is 3.80. The number of rotatable bonds is 6. The van der Waals surface area contributed by atoms with E-state index in [2.05, 4.69) is 70.9 Å². The SMILES string of the molecule is Cc1cccc(CNC(Cn2cncn2)c2ccccc2)c1. The van der Waals surface area contributed by atoms with Crippen LogP contribution in [0.5, 0.6) is 0 Å². The van der Waals surface area contributed by atoms with Crippen LogP contribution < -0.4 is 5.32 Å². The first-order valence-electron chi connectivity index (χ1n) is 7.47. The van der Waals surface area contributed by atoms with Crippen molar-refractivity contribution in [3.8, 4) is 0 Å².